The number of carbonyl (C=O) groups is 2. The normalized spacial score (nSPS) is 10.0. The Hall–Kier alpha value is -3.42. The first-order chi connectivity index (χ1) is 11.5. The van der Waals surface area contributed by atoms with Crippen molar-refractivity contribution in [3.63, 3.8) is 0 Å². The highest BCUT2D eigenvalue weighted by molar-refractivity contribution is 5.89. The number of hydrogen-bond donors (Lipinski definition) is 1. The number of esters is 1. The van der Waals surface area contributed by atoms with Gasteiger partial charge in [0.05, 0.1) is 16.1 Å². The number of nitrogens with zero attached hydrogens (tertiary/aromatic N) is 1. The largest absolute Gasteiger partial charge is 0.484 e. The summed E-state index contributed by atoms with van der Waals surface area (Å²) in [6.07, 6.45) is 0. The van der Waals surface area contributed by atoms with E-state index in [1.807, 2.05) is 0 Å². The molecule has 0 atom stereocenters. The molecule has 0 aliphatic rings. The van der Waals surface area contributed by atoms with Crippen LogP contribution in [0.5, 0.6) is 5.75 Å². The van der Waals surface area contributed by atoms with E-state index in [1.54, 1.807) is 6.07 Å². The fourth-order valence-corrected chi connectivity index (χ4v) is 1.88. The van der Waals surface area contributed by atoms with E-state index in [-0.39, 0.29) is 24.5 Å². The number of carbonyl (C=O) groups excluding carboxylic acids is 2. The SMILES string of the molecule is NC(=O)COc1ccc(C(=O)OCc2ccccc2[N+](=O)[O-])cc1. The zero-order chi connectivity index (χ0) is 17.5. The molecule has 0 unspecified atom stereocenters. The second-order valence-electron chi connectivity index (χ2n) is 4.74. The molecule has 2 rings (SSSR count). The lowest BCUT2D eigenvalue weighted by molar-refractivity contribution is -0.385. The van der Waals surface area contributed by atoms with Gasteiger partial charge in [-0.15, -0.1) is 0 Å². The molecule has 0 bridgehead atoms. The predicted octanol–water partition coefficient (Wildman–Crippen LogP) is 1.82. The summed E-state index contributed by atoms with van der Waals surface area (Å²) in [6, 6.07) is 11.9. The van der Waals surface area contributed by atoms with Gasteiger partial charge in [-0.1, -0.05) is 12.1 Å². The van der Waals surface area contributed by atoms with Crippen molar-refractivity contribution in [3.8, 4) is 5.75 Å². The van der Waals surface area contributed by atoms with Gasteiger partial charge in [0, 0.05) is 6.07 Å². The minimum atomic E-state index is -0.630. The van der Waals surface area contributed by atoms with Crippen LogP contribution < -0.4 is 10.5 Å². The van der Waals surface area contributed by atoms with E-state index in [2.05, 4.69) is 0 Å². The highest BCUT2D eigenvalue weighted by Crippen LogP contribution is 2.19. The Morgan fingerprint density at radius 3 is 2.38 bits per heavy atom. The number of benzene rings is 2. The molecule has 8 heteroatoms. The predicted molar refractivity (Wildman–Crippen MR) is 83.3 cm³/mol. The second-order valence-corrected chi connectivity index (χ2v) is 4.74. The lowest BCUT2D eigenvalue weighted by atomic mass is 10.2. The van der Waals surface area contributed by atoms with Crippen LogP contribution in [0.15, 0.2) is 48.5 Å². The van der Waals surface area contributed by atoms with Crippen LogP contribution in [0.25, 0.3) is 0 Å². The monoisotopic (exact) mass is 330 g/mol. The molecule has 2 N–H and O–H groups in total. The highest BCUT2D eigenvalue weighted by Gasteiger charge is 2.15. The smallest absolute Gasteiger partial charge is 0.338 e. The summed E-state index contributed by atoms with van der Waals surface area (Å²) >= 11 is 0. The molecule has 1 amide bonds. The minimum Gasteiger partial charge on any atom is -0.484 e. The molecule has 0 radical (unpaired) electrons. The highest BCUT2D eigenvalue weighted by atomic mass is 16.6. The molecule has 0 saturated carbocycles. The average molecular weight is 330 g/mol. The van der Waals surface area contributed by atoms with Gasteiger partial charge in [0.2, 0.25) is 0 Å². The average Bonchev–Trinajstić information content (AvgIpc) is 2.58. The maximum absolute atomic E-state index is 12.0. The zero-order valence-corrected chi connectivity index (χ0v) is 12.5. The molecular weight excluding hydrogens is 316 g/mol. The van der Waals surface area contributed by atoms with Crippen LogP contribution in [0.3, 0.4) is 0 Å². The molecule has 0 aliphatic heterocycles. The lowest BCUT2D eigenvalue weighted by Crippen LogP contribution is -2.20. The molecule has 124 valence electrons. The fraction of sp³-hybridized carbons (Fsp3) is 0.125. The Morgan fingerprint density at radius 1 is 1.08 bits per heavy atom. The van der Waals surface area contributed by atoms with Gasteiger partial charge < -0.3 is 15.2 Å². The Labute approximate surface area is 136 Å². The third kappa shape index (κ3) is 4.54. The maximum Gasteiger partial charge on any atom is 0.338 e. The van der Waals surface area contributed by atoms with Crippen molar-refractivity contribution in [3.05, 3.63) is 69.8 Å². The number of nitrogens with two attached hydrogens (primary N) is 1. The van der Waals surface area contributed by atoms with Gasteiger partial charge in [-0.3, -0.25) is 14.9 Å². The van der Waals surface area contributed by atoms with Crippen LogP contribution in [-0.2, 0) is 16.1 Å². The van der Waals surface area contributed by atoms with Crippen molar-refractivity contribution in [2.24, 2.45) is 5.73 Å². The molecule has 0 spiro atoms. The van der Waals surface area contributed by atoms with E-state index >= 15 is 0 Å². The standard InChI is InChI=1S/C16H14N2O6/c17-15(19)10-23-13-7-5-11(6-8-13)16(20)24-9-12-3-1-2-4-14(12)18(21)22/h1-8H,9-10H2,(H2,17,19). The number of amides is 1. The van der Waals surface area contributed by atoms with Crippen LogP contribution in [0.4, 0.5) is 5.69 Å². The number of hydrogen-bond acceptors (Lipinski definition) is 6. The summed E-state index contributed by atoms with van der Waals surface area (Å²) in [5, 5.41) is 10.9. The third-order valence-corrected chi connectivity index (χ3v) is 3.02. The number of nitro groups is 1. The lowest BCUT2D eigenvalue weighted by Gasteiger charge is -2.07. The molecule has 2 aromatic rings. The Kier molecular flexibility index (Phi) is 5.45. The van der Waals surface area contributed by atoms with Gasteiger partial charge in [-0.2, -0.15) is 0 Å². The van der Waals surface area contributed by atoms with Gasteiger partial charge in [-0.05, 0) is 30.3 Å². The van der Waals surface area contributed by atoms with Crippen LogP contribution in [0, 0.1) is 10.1 Å². The first-order valence-electron chi connectivity index (χ1n) is 6.88. The Morgan fingerprint density at radius 2 is 1.75 bits per heavy atom. The van der Waals surface area contributed by atoms with E-state index < -0.39 is 16.8 Å². The summed E-state index contributed by atoms with van der Waals surface area (Å²) < 4.78 is 10.2. The van der Waals surface area contributed by atoms with Crippen LogP contribution >= 0.6 is 0 Å². The van der Waals surface area contributed by atoms with E-state index in [0.717, 1.165) is 0 Å². The quantitative estimate of drug-likeness (QED) is 0.469. The number of ether oxygens (including phenoxy) is 2. The summed E-state index contributed by atoms with van der Waals surface area (Å²) in [5.74, 6) is -0.860. The molecule has 0 fully saturated rings. The van der Waals surface area contributed by atoms with Crippen LogP contribution in [0.2, 0.25) is 0 Å². The van der Waals surface area contributed by atoms with E-state index in [0.29, 0.717) is 11.3 Å². The van der Waals surface area contributed by atoms with Crippen molar-refractivity contribution in [1.82, 2.24) is 0 Å². The second kappa shape index (κ2) is 7.73. The first kappa shape index (κ1) is 16.9. The molecule has 0 saturated heterocycles. The van der Waals surface area contributed by atoms with Gasteiger partial charge in [-0.25, -0.2) is 4.79 Å². The number of para-hydroxylation sites is 1. The summed E-state index contributed by atoms with van der Waals surface area (Å²) in [7, 11) is 0. The molecule has 2 aromatic carbocycles. The van der Waals surface area contributed by atoms with E-state index in [4.69, 9.17) is 15.2 Å². The molecule has 0 heterocycles. The van der Waals surface area contributed by atoms with Gasteiger partial charge in [0.25, 0.3) is 11.6 Å². The first-order valence-corrected chi connectivity index (χ1v) is 6.88. The van der Waals surface area contributed by atoms with Gasteiger partial charge >= 0.3 is 5.97 Å². The van der Waals surface area contributed by atoms with Crippen molar-refractivity contribution in [2.75, 3.05) is 6.61 Å². The Bertz CT molecular complexity index is 757. The minimum absolute atomic E-state index is 0.111. The van der Waals surface area contributed by atoms with Crippen molar-refractivity contribution in [1.29, 1.82) is 0 Å². The number of rotatable bonds is 7. The molecule has 24 heavy (non-hydrogen) atoms. The number of nitro benzene ring substituents is 1. The summed E-state index contributed by atoms with van der Waals surface area (Å²) in [4.78, 5) is 33.0. The molecule has 0 aliphatic carbocycles. The van der Waals surface area contributed by atoms with E-state index in [1.165, 1.54) is 42.5 Å². The van der Waals surface area contributed by atoms with Gasteiger partial charge in [0.15, 0.2) is 6.61 Å². The molecule has 8 nitrogen and oxygen atoms in total. The van der Waals surface area contributed by atoms with Crippen LogP contribution in [0.1, 0.15) is 15.9 Å². The zero-order valence-electron chi connectivity index (χ0n) is 12.5. The summed E-state index contributed by atoms with van der Waals surface area (Å²) in [6.45, 7) is -0.475. The summed E-state index contributed by atoms with van der Waals surface area (Å²) in [5.41, 5.74) is 5.40. The van der Waals surface area contributed by atoms with Crippen molar-refractivity contribution in [2.45, 2.75) is 6.61 Å². The van der Waals surface area contributed by atoms with Crippen molar-refractivity contribution >= 4 is 17.6 Å². The fourth-order valence-electron chi connectivity index (χ4n) is 1.88. The Balaban J connectivity index is 1.98. The van der Waals surface area contributed by atoms with Gasteiger partial charge in [0.1, 0.15) is 12.4 Å². The molecule has 0 aromatic heterocycles. The topological polar surface area (TPSA) is 122 Å². The van der Waals surface area contributed by atoms with Crippen LogP contribution in [-0.4, -0.2) is 23.4 Å². The third-order valence-electron chi connectivity index (χ3n) is 3.02. The van der Waals surface area contributed by atoms with Crippen molar-refractivity contribution < 1.29 is 24.0 Å². The van der Waals surface area contributed by atoms with E-state index in [9.17, 15) is 19.7 Å². The molecular formula is C16H14N2O6. The number of primary amides is 1. The maximum atomic E-state index is 12.0.